The normalized spacial score (nSPS) is 11.2. The van der Waals surface area contributed by atoms with E-state index in [0.29, 0.717) is 0 Å². The van der Waals surface area contributed by atoms with E-state index in [1.165, 1.54) is 0 Å². The van der Waals surface area contributed by atoms with Crippen molar-refractivity contribution in [2.45, 2.75) is 13.5 Å². The van der Waals surface area contributed by atoms with Crippen LogP contribution >= 0.6 is 0 Å². The van der Waals surface area contributed by atoms with E-state index in [1.807, 2.05) is 37.0 Å². The van der Waals surface area contributed by atoms with Gasteiger partial charge in [-0.25, -0.2) is 0 Å². The molecule has 0 unspecified atom stereocenters. The van der Waals surface area contributed by atoms with Crippen LogP contribution in [0.5, 0.6) is 0 Å². The number of nitrogens with one attached hydrogen (secondary N) is 1. The van der Waals surface area contributed by atoms with Crippen molar-refractivity contribution < 1.29 is 0 Å². The molecule has 3 aromatic rings. The van der Waals surface area contributed by atoms with Crippen LogP contribution in [0.15, 0.2) is 35.6 Å². The molecule has 0 bridgehead atoms. The maximum absolute atomic E-state index is 11.9. The predicted octanol–water partition coefficient (Wildman–Crippen LogP) is 1.75. The van der Waals surface area contributed by atoms with Crippen LogP contribution in [0, 0.1) is 0 Å². The third-order valence-corrected chi connectivity index (χ3v) is 3.17. The summed E-state index contributed by atoms with van der Waals surface area (Å²) in [5.41, 5.74) is 2.68. The summed E-state index contributed by atoms with van der Waals surface area (Å²) in [6.45, 7) is 2.80. The van der Waals surface area contributed by atoms with Crippen LogP contribution in [0.1, 0.15) is 6.92 Å². The number of aromatic nitrogens is 4. The topological polar surface area (TPSA) is 55.6 Å². The van der Waals surface area contributed by atoms with Crippen molar-refractivity contribution in [1.29, 1.82) is 0 Å². The molecule has 0 spiro atoms. The molecule has 0 aliphatic heterocycles. The van der Waals surface area contributed by atoms with E-state index in [4.69, 9.17) is 0 Å². The molecule has 0 aromatic carbocycles. The number of aromatic amines is 1. The second kappa shape index (κ2) is 3.87. The van der Waals surface area contributed by atoms with Gasteiger partial charge in [0.2, 0.25) is 0 Å². The number of H-pyrrole nitrogens is 1. The Labute approximate surface area is 104 Å². The Bertz CT molecular complexity index is 763. The molecule has 1 N–H and O–H groups in total. The molecule has 0 aliphatic rings. The minimum atomic E-state index is -0.0514. The second-order valence-electron chi connectivity index (χ2n) is 4.30. The lowest BCUT2D eigenvalue weighted by atomic mass is 10.1. The Morgan fingerprint density at radius 2 is 2.28 bits per heavy atom. The fourth-order valence-electron chi connectivity index (χ4n) is 2.29. The second-order valence-corrected chi connectivity index (χ2v) is 4.30. The summed E-state index contributed by atoms with van der Waals surface area (Å²) >= 11 is 0. The average Bonchev–Trinajstić information content (AvgIpc) is 2.96. The summed E-state index contributed by atoms with van der Waals surface area (Å²) < 4.78 is 3.71. The standard InChI is InChI=1S/C13H14N4O/c1-3-17-5-4-10-11(7-14-13(18)12(10)17)9-6-15-16(2)8-9/h4-8H,3H2,1-2H3,(H,14,18). The highest BCUT2D eigenvalue weighted by molar-refractivity contribution is 5.94. The largest absolute Gasteiger partial charge is 0.343 e. The summed E-state index contributed by atoms with van der Waals surface area (Å²) in [7, 11) is 1.88. The molecular weight excluding hydrogens is 228 g/mol. The first kappa shape index (κ1) is 10.8. The number of fused-ring (bicyclic) bond motifs is 1. The molecule has 0 atom stereocenters. The van der Waals surface area contributed by atoms with Crippen molar-refractivity contribution in [1.82, 2.24) is 19.3 Å². The summed E-state index contributed by atoms with van der Waals surface area (Å²) in [4.78, 5) is 14.7. The van der Waals surface area contributed by atoms with Crippen molar-refractivity contribution in [3.8, 4) is 11.1 Å². The summed E-state index contributed by atoms with van der Waals surface area (Å²) in [5, 5.41) is 5.13. The maximum Gasteiger partial charge on any atom is 0.272 e. The number of aryl methyl sites for hydroxylation is 2. The van der Waals surface area contributed by atoms with Crippen molar-refractivity contribution in [2.24, 2.45) is 7.05 Å². The molecule has 3 heterocycles. The van der Waals surface area contributed by atoms with Gasteiger partial charge < -0.3 is 9.55 Å². The zero-order chi connectivity index (χ0) is 12.7. The van der Waals surface area contributed by atoms with Crippen LogP contribution in [0.3, 0.4) is 0 Å². The summed E-state index contributed by atoms with van der Waals surface area (Å²) in [6.07, 6.45) is 7.44. The van der Waals surface area contributed by atoms with Crippen LogP contribution < -0.4 is 5.56 Å². The molecule has 0 fully saturated rings. The zero-order valence-corrected chi connectivity index (χ0v) is 10.3. The van der Waals surface area contributed by atoms with Crippen molar-refractivity contribution in [3.05, 3.63) is 41.2 Å². The van der Waals surface area contributed by atoms with E-state index in [0.717, 1.165) is 28.6 Å². The zero-order valence-electron chi connectivity index (χ0n) is 10.3. The van der Waals surface area contributed by atoms with Crippen molar-refractivity contribution in [2.75, 3.05) is 0 Å². The number of nitrogens with zero attached hydrogens (tertiary/aromatic N) is 3. The van der Waals surface area contributed by atoms with E-state index >= 15 is 0 Å². The van der Waals surface area contributed by atoms with Gasteiger partial charge in [-0.3, -0.25) is 9.48 Å². The molecule has 0 radical (unpaired) electrons. The molecule has 0 aliphatic carbocycles. The number of hydrogen-bond donors (Lipinski definition) is 1. The van der Waals surface area contributed by atoms with Gasteiger partial charge in [-0.2, -0.15) is 5.10 Å². The molecule has 5 heteroatoms. The van der Waals surface area contributed by atoms with Gasteiger partial charge >= 0.3 is 0 Å². The number of pyridine rings is 1. The third kappa shape index (κ3) is 1.48. The molecule has 3 rings (SSSR count). The minimum absolute atomic E-state index is 0.0514. The van der Waals surface area contributed by atoms with Crippen molar-refractivity contribution >= 4 is 10.9 Å². The van der Waals surface area contributed by atoms with Gasteiger partial charge in [0, 0.05) is 48.7 Å². The van der Waals surface area contributed by atoms with Gasteiger partial charge in [0.05, 0.1) is 6.20 Å². The molecule has 18 heavy (non-hydrogen) atoms. The lowest BCUT2D eigenvalue weighted by Gasteiger charge is -2.02. The quantitative estimate of drug-likeness (QED) is 0.744. The van der Waals surface area contributed by atoms with Crippen LogP contribution in [0.2, 0.25) is 0 Å². The fraction of sp³-hybridized carbons (Fsp3) is 0.231. The highest BCUT2D eigenvalue weighted by Gasteiger charge is 2.11. The van der Waals surface area contributed by atoms with E-state index in [1.54, 1.807) is 17.1 Å². The third-order valence-electron chi connectivity index (χ3n) is 3.17. The molecule has 0 amide bonds. The van der Waals surface area contributed by atoms with Gasteiger partial charge in [-0.1, -0.05) is 0 Å². The van der Waals surface area contributed by atoms with E-state index < -0.39 is 0 Å². The lowest BCUT2D eigenvalue weighted by Crippen LogP contribution is -2.10. The summed E-state index contributed by atoms with van der Waals surface area (Å²) in [6, 6.07) is 1.98. The van der Waals surface area contributed by atoms with Crippen LogP contribution in [0.4, 0.5) is 0 Å². The Kier molecular flexibility index (Phi) is 2.33. The SMILES string of the molecule is CCn1ccc2c(-c3cnn(C)c3)c[nH]c(=O)c21. The predicted molar refractivity (Wildman–Crippen MR) is 70.4 cm³/mol. The Morgan fingerprint density at radius 3 is 2.94 bits per heavy atom. The monoisotopic (exact) mass is 242 g/mol. The number of hydrogen-bond acceptors (Lipinski definition) is 2. The smallest absolute Gasteiger partial charge is 0.272 e. The molecule has 0 saturated heterocycles. The van der Waals surface area contributed by atoms with Crippen molar-refractivity contribution in [3.63, 3.8) is 0 Å². The van der Waals surface area contributed by atoms with E-state index in [9.17, 15) is 4.79 Å². The first-order valence-electron chi connectivity index (χ1n) is 5.90. The van der Waals surface area contributed by atoms with Gasteiger partial charge in [-0.05, 0) is 13.0 Å². The van der Waals surface area contributed by atoms with E-state index in [-0.39, 0.29) is 5.56 Å². The Hall–Kier alpha value is -2.30. The van der Waals surface area contributed by atoms with Crippen LogP contribution in [-0.4, -0.2) is 19.3 Å². The molecule has 5 nitrogen and oxygen atoms in total. The maximum atomic E-state index is 11.9. The average molecular weight is 242 g/mol. The molecule has 0 saturated carbocycles. The molecular formula is C13H14N4O. The lowest BCUT2D eigenvalue weighted by molar-refractivity contribution is 0.768. The van der Waals surface area contributed by atoms with Gasteiger partial charge in [0.15, 0.2) is 0 Å². The van der Waals surface area contributed by atoms with Gasteiger partial charge in [0.1, 0.15) is 5.52 Å². The minimum Gasteiger partial charge on any atom is -0.343 e. The molecule has 92 valence electrons. The van der Waals surface area contributed by atoms with Crippen LogP contribution in [0.25, 0.3) is 22.0 Å². The Balaban J connectivity index is 2.35. The summed E-state index contributed by atoms with van der Waals surface area (Å²) in [5.74, 6) is 0. The van der Waals surface area contributed by atoms with Gasteiger partial charge in [-0.15, -0.1) is 0 Å². The number of rotatable bonds is 2. The first-order chi connectivity index (χ1) is 8.70. The van der Waals surface area contributed by atoms with Crippen LogP contribution in [-0.2, 0) is 13.6 Å². The first-order valence-corrected chi connectivity index (χ1v) is 5.90. The van der Waals surface area contributed by atoms with E-state index in [2.05, 4.69) is 10.1 Å². The Morgan fingerprint density at radius 1 is 1.44 bits per heavy atom. The highest BCUT2D eigenvalue weighted by Crippen LogP contribution is 2.26. The highest BCUT2D eigenvalue weighted by atomic mass is 16.1. The van der Waals surface area contributed by atoms with Gasteiger partial charge in [0.25, 0.3) is 5.56 Å². The fourth-order valence-corrected chi connectivity index (χ4v) is 2.29. The molecule has 3 aromatic heterocycles.